The van der Waals surface area contributed by atoms with E-state index in [-0.39, 0.29) is 5.92 Å². The molecule has 2 aliphatic rings. The van der Waals surface area contributed by atoms with Crippen molar-refractivity contribution in [1.82, 2.24) is 9.97 Å². The molecular weight excluding hydrogens is 340 g/mol. The largest absolute Gasteiger partial charge is 0.241 e. The van der Waals surface area contributed by atoms with Crippen LogP contribution in [-0.4, -0.2) is 15.8 Å². The van der Waals surface area contributed by atoms with Crippen molar-refractivity contribution in [2.75, 3.05) is 5.88 Å². The van der Waals surface area contributed by atoms with Crippen LogP contribution in [-0.2, 0) is 19.3 Å². The van der Waals surface area contributed by atoms with Gasteiger partial charge >= 0.3 is 0 Å². The summed E-state index contributed by atoms with van der Waals surface area (Å²) in [6.07, 6.45) is 8.86. The molecule has 3 aromatic rings. The summed E-state index contributed by atoms with van der Waals surface area (Å²) in [4.78, 5) is 9.21. The molecule has 1 unspecified atom stereocenters. The zero-order chi connectivity index (χ0) is 17.5. The number of allylic oxidation sites excluding steroid dienone is 2. The van der Waals surface area contributed by atoms with Gasteiger partial charge in [0, 0.05) is 24.2 Å². The van der Waals surface area contributed by atoms with Gasteiger partial charge in [-0.1, -0.05) is 48.0 Å². The highest BCUT2D eigenvalue weighted by atomic mass is 35.5. The SMILES string of the molecule is ClCC1=CCc2c(ccc3c2C(c2ncccn2)Cc2ccccc2-3)C1. The minimum absolute atomic E-state index is 0.210. The Labute approximate surface area is 158 Å². The zero-order valence-electron chi connectivity index (χ0n) is 14.5. The van der Waals surface area contributed by atoms with E-state index in [0.29, 0.717) is 5.88 Å². The van der Waals surface area contributed by atoms with Crippen molar-refractivity contribution < 1.29 is 0 Å². The minimum atomic E-state index is 0.210. The van der Waals surface area contributed by atoms with Crippen LogP contribution in [0.15, 0.2) is 66.5 Å². The monoisotopic (exact) mass is 358 g/mol. The van der Waals surface area contributed by atoms with E-state index in [0.717, 1.165) is 25.1 Å². The fourth-order valence-corrected chi connectivity index (χ4v) is 4.61. The van der Waals surface area contributed by atoms with Crippen LogP contribution in [0.3, 0.4) is 0 Å². The highest BCUT2D eigenvalue weighted by Gasteiger charge is 2.31. The number of halogens is 1. The van der Waals surface area contributed by atoms with E-state index >= 15 is 0 Å². The summed E-state index contributed by atoms with van der Waals surface area (Å²) >= 11 is 6.09. The summed E-state index contributed by atoms with van der Waals surface area (Å²) in [6.45, 7) is 0. The molecular formula is C23H19ClN2. The molecule has 128 valence electrons. The summed E-state index contributed by atoms with van der Waals surface area (Å²) in [6, 6.07) is 15.2. The number of hydrogen-bond acceptors (Lipinski definition) is 2. The Bertz CT molecular complexity index is 1010. The van der Waals surface area contributed by atoms with Gasteiger partial charge < -0.3 is 0 Å². The highest BCUT2D eigenvalue weighted by molar-refractivity contribution is 6.19. The molecule has 0 radical (unpaired) electrons. The number of rotatable bonds is 2. The van der Waals surface area contributed by atoms with Gasteiger partial charge in [0.1, 0.15) is 5.82 Å². The average molecular weight is 359 g/mol. The van der Waals surface area contributed by atoms with Gasteiger partial charge in [-0.05, 0) is 58.7 Å². The van der Waals surface area contributed by atoms with E-state index in [4.69, 9.17) is 11.6 Å². The highest BCUT2D eigenvalue weighted by Crippen LogP contribution is 2.45. The second kappa shape index (κ2) is 6.37. The molecule has 0 spiro atoms. The van der Waals surface area contributed by atoms with Gasteiger partial charge in [-0.25, -0.2) is 9.97 Å². The molecule has 0 aliphatic heterocycles. The number of nitrogens with zero attached hydrogens (tertiary/aromatic N) is 2. The molecule has 1 aromatic heterocycles. The molecule has 0 N–H and O–H groups in total. The minimum Gasteiger partial charge on any atom is -0.241 e. The Morgan fingerprint density at radius 1 is 0.923 bits per heavy atom. The molecule has 3 heteroatoms. The molecule has 0 bridgehead atoms. The molecule has 0 amide bonds. The zero-order valence-corrected chi connectivity index (χ0v) is 15.2. The van der Waals surface area contributed by atoms with E-state index in [9.17, 15) is 0 Å². The van der Waals surface area contributed by atoms with Crippen molar-refractivity contribution in [2.45, 2.75) is 25.2 Å². The van der Waals surface area contributed by atoms with Crippen molar-refractivity contribution in [3.05, 3.63) is 94.6 Å². The predicted octanol–water partition coefficient (Wildman–Crippen LogP) is 5.10. The number of hydrogen-bond donors (Lipinski definition) is 0. The fraction of sp³-hybridized carbons (Fsp3) is 0.217. The van der Waals surface area contributed by atoms with E-state index in [2.05, 4.69) is 52.4 Å². The third kappa shape index (κ3) is 2.48. The first-order valence-corrected chi connectivity index (χ1v) is 9.62. The van der Waals surface area contributed by atoms with Crippen molar-refractivity contribution in [1.29, 1.82) is 0 Å². The molecule has 2 nitrogen and oxygen atoms in total. The molecule has 0 fully saturated rings. The van der Waals surface area contributed by atoms with Gasteiger partial charge in [-0.3, -0.25) is 0 Å². The van der Waals surface area contributed by atoms with Gasteiger partial charge in [0.05, 0.1) is 0 Å². The summed E-state index contributed by atoms with van der Waals surface area (Å²) in [7, 11) is 0. The van der Waals surface area contributed by atoms with Gasteiger partial charge in [-0.15, -0.1) is 11.6 Å². The lowest BCUT2D eigenvalue weighted by Crippen LogP contribution is -2.19. The smallest absolute Gasteiger partial charge is 0.136 e. The van der Waals surface area contributed by atoms with Crippen molar-refractivity contribution in [2.24, 2.45) is 0 Å². The molecule has 1 atom stereocenters. The van der Waals surface area contributed by atoms with Gasteiger partial charge in [0.2, 0.25) is 0 Å². The normalized spacial score (nSPS) is 17.7. The summed E-state index contributed by atoms with van der Waals surface area (Å²) in [5.74, 6) is 1.75. The number of benzene rings is 2. The van der Waals surface area contributed by atoms with Crippen LogP contribution in [0.2, 0.25) is 0 Å². The van der Waals surface area contributed by atoms with Crippen LogP contribution in [0.4, 0.5) is 0 Å². The van der Waals surface area contributed by atoms with E-state index in [1.165, 1.54) is 39.0 Å². The maximum Gasteiger partial charge on any atom is 0.136 e. The second-order valence-electron chi connectivity index (χ2n) is 7.06. The summed E-state index contributed by atoms with van der Waals surface area (Å²) < 4.78 is 0. The van der Waals surface area contributed by atoms with Crippen LogP contribution in [0, 0.1) is 0 Å². The van der Waals surface area contributed by atoms with Crippen LogP contribution < -0.4 is 0 Å². The van der Waals surface area contributed by atoms with Crippen molar-refractivity contribution in [3.63, 3.8) is 0 Å². The molecule has 1 heterocycles. The lowest BCUT2D eigenvalue weighted by atomic mass is 9.73. The van der Waals surface area contributed by atoms with Crippen molar-refractivity contribution >= 4 is 11.6 Å². The molecule has 0 saturated carbocycles. The Morgan fingerprint density at radius 3 is 2.62 bits per heavy atom. The molecule has 26 heavy (non-hydrogen) atoms. The van der Waals surface area contributed by atoms with Crippen LogP contribution >= 0.6 is 11.6 Å². The standard InChI is InChI=1S/C23H19ClN2/c24-14-15-6-8-19-17(12-15)7-9-20-18-5-2-1-4-16(18)13-21(22(19)20)23-25-10-3-11-26-23/h1-7,9-11,21H,8,12-14H2. The van der Waals surface area contributed by atoms with Gasteiger partial charge in [0.25, 0.3) is 0 Å². The van der Waals surface area contributed by atoms with Gasteiger partial charge in [0.15, 0.2) is 0 Å². The first-order valence-electron chi connectivity index (χ1n) is 9.09. The third-order valence-corrected chi connectivity index (χ3v) is 5.96. The maximum absolute atomic E-state index is 6.09. The second-order valence-corrected chi connectivity index (χ2v) is 7.33. The van der Waals surface area contributed by atoms with Crippen LogP contribution in [0.25, 0.3) is 11.1 Å². The molecule has 2 aromatic carbocycles. The lowest BCUT2D eigenvalue weighted by molar-refractivity contribution is 0.718. The summed E-state index contributed by atoms with van der Waals surface area (Å²) in [5.41, 5.74) is 9.66. The van der Waals surface area contributed by atoms with E-state index < -0.39 is 0 Å². The van der Waals surface area contributed by atoms with Gasteiger partial charge in [-0.2, -0.15) is 0 Å². The quantitative estimate of drug-likeness (QED) is 0.470. The summed E-state index contributed by atoms with van der Waals surface area (Å²) in [5, 5.41) is 0. The Balaban J connectivity index is 1.74. The lowest BCUT2D eigenvalue weighted by Gasteiger charge is -2.31. The molecule has 0 saturated heterocycles. The topological polar surface area (TPSA) is 25.8 Å². The van der Waals surface area contributed by atoms with Crippen LogP contribution in [0.1, 0.15) is 34.0 Å². The predicted molar refractivity (Wildman–Crippen MR) is 106 cm³/mol. The van der Waals surface area contributed by atoms with Crippen molar-refractivity contribution in [3.8, 4) is 11.1 Å². The number of alkyl halides is 1. The molecule has 5 rings (SSSR count). The van der Waals surface area contributed by atoms with Crippen LogP contribution in [0.5, 0.6) is 0 Å². The Kier molecular flexibility index (Phi) is 3.86. The number of fused-ring (bicyclic) bond motifs is 5. The Morgan fingerprint density at radius 2 is 1.77 bits per heavy atom. The third-order valence-electron chi connectivity index (χ3n) is 5.62. The maximum atomic E-state index is 6.09. The van der Waals surface area contributed by atoms with E-state index in [1.807, 2.05) is 18.5 Å². The molecule has 2 aliphatic carbocycles. The first-order chi connectivity index (χ1) is 12.8. The Hall–Kier alpha value is -2.45. The first kappa shape index (κ1) is 15.8. The number of aromatic nitrogens is 2. The fourth-order valence-electron chi connectivity index (χ4n) is 4.41. The van der Waals surface area contributed by atoms with E-state index in [1.54, 1.807) is 0 Å². The average Bonchev–Trinajstić information content (AvgIpc) is 2.73.